The van der Waals surface area contributed by atoms with Gasteiger partial charge in [0.1, 0.15) is 5.76 Å². The maximum Gasteiger partial charge on any atom is 0.208 e. The van der Waals surface area contributed by atoms with Crippen molar-refractivity contribution in [3.8, 4) is 0 Å². The molecule has 3 heterocycles. The second-order valence-corrected chi connectivity index (χ2v) is 9.52. The molecular weight excluding hydrogens is 406 g/mol. The van der Waals surface area contributed by atoms with Gasteiger partial charge in [-0.25, -0.2) is 4.98 Å². The van der Waals surface area contributed by atoms with Crippen LogP contribution in [-0.2, 0) is 13.1 Å². The summed E-state index contributed by atoms with van der Waals surface area (Å²) in [5.41, 5.74) is 0.995. The van der Waals surface area contributed by atoms with Gasteiger partial charge in [0.05, 0.1) is 23.1 Å². The van der Waals surface area contributed by atoms with Crippen molar-refractivity contribution in [3.05, 3.63) is 38.7 Å². The van der Waals surface area contributed by atoms with E-state index >= 15 is 0 Å². The molecule has 160 valence electrons. The van der Waals surface area contributed by atoms with E-state index in [0.29, 0.717) is 5.92 Å². The molecule has 0 saturated carbocycles. The van der Waals surface area contributed by atoms with Crippen LogP contribution in [0.5, 0.6) is 0 Å². The summed E-state index contributed by atoms with van der Waals surface area (Å²) in [5, 5.41) is 3.41. The summed E-state index contributed by atoms with van der Waals surface area (Å²) in [7, 11) is 2.08. The number of oxazole rings is 1. The first-order chi connectivity index (χ1) is 13.9. The van der Waals surface area contributed by atoms with Crippen LogP contribution in [0.25, 0.3) is 0 Å². The summed E-state index contributed by atoms with van der Waals surface area (Å²) < 4.78 is 6.56. The summed E-state index contributed by atoms with van der Waals surface area (Å²) in [6, 6.07) is 4.04. The molecule has 0 amide bonds. The second-order valence-electron chi connectivity index (χ2n) is 7.73. The highest BCUT2D eigenvalue weighted by Gasteiger charge is 2.21. The van der Waals surface area contributed by atoms with Gasteiger partial charge in [-0.05, 0) is 64.8 Å². The van der Waals surface area contributed by atoms with E-state index in [1.165, 1.54) is 4.88 Å². The van der Waals surface area contributed by atoms with Gasteiger partial charge in [0.15, 0.2) is 5.96 Å². The number of likely N-dealkylation sites (tertiary alicyclic amines) is 1. The standard InChI is InChI=1S/C21H32ClN5OS/c1-5-23-21(26(4)13-18-6-7-19(22)29-18)24-12-17-8-10-27(11-9-17)14-20-25-15(2)16(3)28-20/h6-7,17H,5,8-14H2,1-4H3,(H,23,24). The van der Waals surface area contributed by atoms with Gasteiger partial charge in [-0.2, -0.15) is 0 Å². The fourth-order valence-electron chi connectivity index (χ4n) is 3.56. The van der Waals surface area contributed by atoms with E-state index in [0.717, 1.165) is 79.8 Å². The van der Waals surface area contributed by atoms with Crippen molar-refractivity contribution in [2.45, 2.75) is 46.7 Å². The van der Waals surface area contributed by atoms with Crippen LogP contribution in [0.3, 0.4) is 0 Å². The van der Waals surface area contributed by atoms with Gasteiger partial charge < -0.3 is 14.6 Å². The van der Waals surface area contributed by atoms with Crippen LogP contribution >= 0.6 is 22.9 Å². The minimum Gasteiger partial charge on any atom is -0.444 e. The van der Waals surface area contributed by atoms with Crippen molar-refractivity contribution in [2.75, 3.05) is 33.2 Å². The number of aryl methyl sites for hydroxylation is 2. The zero-order chi connectivity index (χ0) is 20.8. The summed E-state index contributed by atoms with van der Waals surface area (Å²) in [6.45, 7) is 11.6. The Morgan fingerprint density at radius 1 is 1.38 bits per heavy atom. The van der Waals surface area contributed by atoms with Gasteiger partial charge in [0.25, 0.3) is 0 Å². The molecule has 0 bridgehead atoms. The highest BCUT2D eigenvalue weighted by atomic mass is 35.5. The molecule has 29 heavy (non-hydrogen) atoms. The largest absolute Gasteiger partial charge is 0.444 e. The molecule has 8 heteroatoms. The third-order valence-corrected chi connectivity index (χ3v) is 6.57. The first-order valence-electron chi connectivity index (χ1n) is 10.3. The molecule has 0 spiro atoms. The van der Waals surface area contributed by atoms with Crippen LogP contribution in [0.4, 0.5) is 0 Å². The molecule has 0 aromatic carbocycles. The first-order valence-corrected chi connectivity index (χ1v) is 11.5. The lowest BCUT2D eigenvalue weighted by Crippen LogP contribution is -2.39. The van der Waals surface area contributed by atoms with Crippen LogP contribution in [0.2, 0.25) is 4.34 Å². The van der Waals surface area contributed by atoms with Crippen molar-refractivity contribution in [1.82, 2.24) is 20.1 Å². The van der Waals surface area contributed by atoms with Crippen molar-refractivity contribution in [2.24, 2.45) is 10.9 Å². The summed E-state index contributed by atoms with van der Waals surface area (Å²) in [6.07, 6.45) is 2.32. The number of aromatic nitrogens is 1. The Kier molecular flexibility index (Phi) is 7.98. The van der Waals surface area contributed by atoms with E-state index in [9.17, 15) is 0 Å². The highest BCUT2D eigenvalue weighted by molar-refractivity contribution is 7.16. The van der Waals surface area contributed by atoms with Crippen molar-refractivity contribution < 1.29 is 4.42 Å². The summed E-state index contributed by atoms with van der Waals surface area (Å²) in [4.78, 5) is 15.3. The maximum absolute atomic E-state index is 6.06. The van der Waals surface area contributed by atoms with Crippen LogP contribution in [0, 0.1) is 19.8 Å². The zero-order valence-electron chi connectivity index (χ0n) is 17.9. The number of hydrogen-bond donors (Lipinski definition) is 1. The van der Waals surface area contributed by atoms with Crippen molar-refractivity contribution in [1.29, 1.82) is 0 Å². The zero-order valence-corrected chi connectivity index (χ0v) is 19.4. The van der Waals surface area contributed by atoms with Crippen LogP contribution in [0.15, 0.2) is 21.5 Å². The van der Waals surface area contributed by atoms with E-state index in [1.54, 1.807) is 11.3 Å². The Labute approximate surface area is 183 Å². The minimum atomic E-state index is 0.623. The minimum absolute atomic E-state index is 0.623. The molecule has 1 aliphatic heterocycles. The molecule has 0 atom stereocenters. The number of aliphatic imine (C=N–C) groups is 1. The number of guanidine groups is 1. The molecule has 6 nitrogen and oxygen atoms in total. The lowest BCUT2D eigenvalue weighted by molar-refractivity contribution is 0.166. The number of hydrogen-bond acceptors (Lipinski definition) is 5. The average Bonchev–Trinajstić information content (AvgIpc) is 3.24. The number of piperidine rings is 1. The lowest BCUT2D eigenvalue weighted by Gasteiger charge is -2.30. The second kappa shape index (κ2) is 10.5. The Balaban J connectivity index is 1.48. The van der Waals surface area contributed by atoms with Crippen LogP contribution in [0.1, 0.15) is 42.0 Å². The highest BCUT2D eigenvalue weighted by Crippen LogP contribution is 2.23. The van der Waals surface area contributed by atoms with Crippen LogP contribution < -0.4 is 5.32 Å². The topological polar surface area (TPSA) is 56.9 Å². The Morgan fingerprint density at radius 2 is 2.14 bits per heavy atom. The van der Waals surface area contributed by atoms with Crippen molar-refractivity contribution >= 4 is 28.9 Å². The van der Waals surface area contributed by atoms with E-state index in [4.69, 9.17) is 21.0 Å². The number of halogens is 1. The summed E-state index contributed by atoms with van der Waals surface area (Å²) in [5.74, 6) is 3.35. The monoisotopic (exact) mass is 437 g/mol. The van der Waals surface area contributed by atoms with Gasteiger partial charge in [0, 0.05) is 25.0 Å². The fraction of sp³-hybridized carbons (Fsp3) is 0.619. The first kappa shape index (κ1) is 22.1. The number of rotatable bonds is 7. The number of nitrogens with one attached hydrogen (secondary N) is 1. The summed E-state index contributed by atoms with van der Waals surface area (Å²) >= 11 is 7.68. The lowest BCUT2D eigenvalue weighted by atomic mass is 9.97. The molecule has 1 aliphatic rings. The van der Waals surface area contributed by atoms with Crippen molar-refractivity contribution in [3.63, 3.8) is 0 Å². The maximum atomic E-state index is 6.06. The predicted molar refractivity (Wildman–Crippen MR) is 121 cm³/mol. The number of nitrogens with zero attached hydrogens (tertiary/aromatic N) is 4. The molecule has 0 radical (unpaired) electrons. The fourth-order valence-corrected chi connectivity index (χ4v) is 4.70. The molecule has 1 fully saturated rings. The van der Waals surface area contributed by atoms with Gasteiger partial charge in [0.2, 0.25) is 5.89 Å². The quantitative estimate of drug-likeness (QED) is 0.516. The van der Waals surface area contributed by atoms with Gasteiger partial charge >= 0.3 is 0 Å². The van der Waals surface area contributed by atoms with E-state index in [-0.39, 0.29) is 0 Å². The van der Waals surface area contributed by atoms with Crippen LogP contribution in [-0.4, -0.2) is 54.0 Å². The van der Waals surface area contributed by atoms with Gasteiger partial charge in [-0.15, -0.1) is 11.3 Å². The Morgan fingerprint density at radius 3 is 2.72 bits per heavy atom. The van der Waals surface area contributed by atoms with Gasteiger partial charge in [-0.3, -0.25) is 9.89 Å². The molecule has 2 aromatic heterocycles. The molecule has 0 unspecified atom stereocenters. The molecule has 2 aromatic rings. The molecular formula is C21H32ClN5OS. The number of thiophene rings is 1. The Hall–Kier alpha value is -1.57. The van der Waals surface area contributed by atoms with E-state index in [2.05, 4.69) is 40.1 Å². The Bertz CT molecular complexity index is 790. The molecule has 1 saturated heterocycles. The average molecular weight is 438 g/mol. The van der Waals surface area contributed by atoms with E-state index < -0.39 is 0 Å². The van der Waals surface area contributed by atoms with Gasteiger partial charge in [-0.1, -0.05) is 11.6 Å². The third kappa shape index (κ3) is 6.46. The molecule has 0 aliphatic carbocycles. The molecule has 1 N–H and O–H groups in total. The molecule has 3 rings (SSSR count). The smallest absolute Gasteiger partial charge is 0.208 e. The predicted octanol–water partition coefficient (Wildman–Crippen LogP) is 4.32. The normalized spacial score (nSPS) is 16.4. The van der Waals surface area contributed by atoms with E-state index in [1.807, 2.05) is 19.9 Å². The third-order valence-electron chi connectivity index (χ3n) is 5.36. The SMILES string of the molecule is CCNC(=NCC1CCN(Cc2nc(C)c(C)o2)CC1)N(C)Cc1ccc(Cl)s1.